The van der Waals surface area contributed by atoms with Gasteiger partial charge in [0.25, 0.3) is 6.43 Å². The van der Waals surface area contributed by atoms with E-state index in [1.54, 1.807) is 6.92 Å². The predicted molar refractivity (Wildman–Crippen MR) is 59.7 cm³/mol. The van der Waals surface area contributed by atoms with Crippen LogP contribution in [0.5, 0.6) is 0 Å². The molecule has 0 unspecified atom stereocenters. The number of rotatable bonds is 4. The molecule has 3 nitrogen and oxygen atoms in total. The van der Waals surface area contributed by atoms with Crippen molar-refractivity contribution in [2.24, 2.45) is 0 Å². The largest absolute Gasteiger partial charge is 0.462 e. The molecule has 0 fully saturated rings. The average Bonchev–Trinajstić information content (AvgIpc) is 2.28. The number of aromatic nitrogens is 1. The van der Waals surface area contributed by atoms with Gasteiger partial charge in [0.05, 0.1) is 18.1 Å². The summed E-state index contributed by atoms with van der Waals surface area (Å²) in [5.41, 5.74) is -0.866. The zero-order chi connectivity index (χ0) is 13.0. The van der Waals surface area contributed by atoms with Crippen molar-refractivity contribution in [3.8, 4) is 0 Å². The Morgan fingerprint density at radius 1 is 1.59 bits per heavy atom. The van der Waals surface area contributed by atoms with Gasteiger partial charge in [-0.25, -0.2) is 18.6 Å². The lowest BCUT2D eigenvalue weighted by Gasteiger charge is -2.12. The third kappa shape index (κ3) is 3.04. The van der Waals surface area contributed by atoms with E-state index < -0.39 is 18.0 Å². The van der Waals surface area contributed by atoms with E-state index in [9.17, 15) is 13.6 Å². The van der Waals surface area contributed by atoms with Crippen molar-refractivity contribution in [3.05, 3.63) is 28.0 Å². The summed E-state index contributed by atoms with van der Waals surface area (Å²) in [6, 6.07) is 0. The Morgan fingerprint density at radius 2 is 2.24 bits per heavy atom. The van der Waals surface area contributed by atoms with Gasteiger partial charge in [-0.2, -0.15) is 0 Å². The minimum atomic E-state index is -2.87. The normalized spacial score (nSPS) is 10.7. The van der Waals surface area contributed by atoms with E-state index in [2.05, 4.69) is 9.72 Å². The highest BCUT2D eigenvalue weighted by Gasteiger charge is 2.25. The van der Waals surface area contributed by atoms with Crippen LogP contribution in [-0.4, -0.2) is 17.6 Å². The minimum Gasteiger partial charge on any atom is -0.462 e. The highest BCUT2D eigenvalue weighted by molar-refractivity contribution is 6.31. The number of hydrogen-bond donors (Lipinski definition) is 0. The molecule has 17 heavy (non-hydrogen) atoms. The lowest BCUT2D eigenvalue weighted by Crippen LogP contribution is -2.11. The number of esters is 1. The maximum Gasteiger partial charge on any atom is 0.340 e. The maximum absolute atomic E-state index is 12.9. The summed E-state index contributed by atoms with van der Waals surface area (Å²) < 4.78 is 30.5. The molecule has 0 aliphatic carbocycles. The molecule has 0 atom stereocenters. The number of carbonyl (C=O) groups is 1. The molecule has 0 amide bonds. The van der Waals surface area contributed by atoms with E-state index >= 15 is 0 Å². The van der Waals surface area contributed by atoms with Crippen molar-refractivity contribution in [2.75, 3.05) is 6.61 Å². The fraction of sp³-hybridized carbons (Fsp3) is 0.400. The molecule has 0 saturated heterocycles. The summed E-state index contributed by atoms with van der Waals surface area (Å²) in [6.45, 7) is 1.66. The smallest absolute Gasteiger partial charge is 0.340 e. The van der Waals surface area contributed by atoms with E-state index in [0.717, 1.165) is 6.20 Å². The summed E-state index contributed by atoms with van der Waals surface area (Å²) in [5, 5.41) is -0.136. The third-order valence-electron chi connectivity index (χ3n) is 2.02. The van der Waals surface area contributed by atoms with Crippen molar-refractivity contribution in [1.29, 1.82) is 0 Å². The van der Waals surface area contributed by atoms with Gasteiger partial charge in [0, 0.05) is 17.3 Å². The van der Waals surface area contributed by atoms with Crippen LogP contribution in [0.3, 0.4) is 0 Å². The van der Waals surface area contributed by atoms with Gasteiger partial charge in [0.2, 0.25) is 0 Å². The fourth-order valence-electron chi connectivity index (χ4n) is 1.29. The first-order chi connectivity index (χ1) is 8.02. The molecule has 1 aromatic heterocycles. The lowest BCUT2D eigenvalue weighted by atomic mass is 10.1. The van der Waals surface area contributed by atoms with E-state index in [-0.39, 0.29) is 28.8 Å². The Balaban J connectivity index is 3.35. The number of carbonyl (C=O) groups excluding carboxylic acids is 1. The minimum absolute atomic E-state index is 0.0473. The van der Waals surface area contributed by atoms with Crippen LogP contribution in [0.15, 0.2) is 6.20 Å². The molecule has 94 valence electrons. The molecule has 0 aliphatic rings. The van der Waals surface area contributed by atoms with Crippen LogP contribution in [0.1, 0.15) is 34.8 Å². The van der Waals surface area contributed by atoms with E-state index in [1.807, 2.05) is 0 Å². The molecule has 0 N–H and O–H groups in total. The average molecular weight is 284 g/mol. The summed E-state index contributed by atoms with van der Waals surface area (Å²) in [4.78, 5) is 15.1. The zero-order valence-electron chi connectivity index (χ0n) is 8.84. The van der Waals surface area contributed by atoms with Crippen LogP contribution in [0.2, 0.25) is 5.15 Å². The number of hydrogen-bond acceptors (Lipinski definition) is 3. The first-order valence-electron chi connectivity index (χ1n) is 4.71. The summed E-state index contributed by atoms with van der Waals surface area (Å²) in [6.07, 6.45) is -1.90. The lowest BCUT2D eigenvalue weighted by molar-refractivity contribution is 0.0514. The molecule has 0 saturated carbocycles. The molecular weight excluding hydrogens is 275 g/mol. The number of ether oxygens (including phenoxy) is 1. The number of halogens is 4. The van der Waals surface area contributed by atoms with Crippen molar-refractivity contribution in [3.63, 3.8) is 0 Å². The van der Waals surface area contributed by atoms with Crippen molar-refractivity contribution >= 4 is 29.2 Å². The van der Waals surface area contributed by atoms with Crippen molar-refractivity contribution < 1.29 is 18.3 Å². The second kappa shape index (κ2) is 6.12. The highest BCUT2D eigenvalue weighted by atomic mass is 35.5. The molecule has 0 bridgehead atoms. The first-order valence-corrected chi connectivity index (χ1v) is 5.62. The standard InChI is InChI=1S/C10H9Cl2F2NO2/c1-2-17-10(16)6-4-15-8(12)5(3-11)7(6)9(13)14/h4,9H,2-3H2,1H3. The monoisotopic (exact) mass is 283 g/mol. The Morgan fingerprint density at radius 3 is 2.71 bits per heavy atom. The van der Waals surface area contributed by atoms with Gasteiger partial charge in [-0.15, -0.1) is 11.6 Å². The van der Waals surface area contributed by atoms with Crippen molar-refractivity contribution in [1.82, 2.24) is 4.98 Å². The summed E-state index contributed by atoms with van der Waals surface area (Å²) in [7, 11) is 0. The number of alkyl halides is 3. The van der Waals surface area contributed by atoms with E-state index in [4.69, 9.17) is 23.2 Å². The van der Waals surface area contributed by atoms with Gasteiger partial charge in [-0.3, -0.25) is 0 Å². The summed E-state index contributed by atoms with van der Waals surface area (Å²) in [5.74, 6) is -1.11. The van der Waals surface area contributed by atoms with Gasteiger partial charge in [0.15, 0.2) is 0 Å². The quantitative estimate of drug-likeness (QED) is 0.482. The Kier molecular flexibility index (Phi) is 5.08. The highest BCUT2D eigenvalue weighted by Crippen LogP contribution is 2.31. The topological polar surface area (TPSA) is 39.2 Å². The number of nitrogens with zero attached hydrogens (tertiary/aromatic N) is 1. The van der Waals surface area contributed by atoms with Gasteiger partial charge in [-0.1, -0.05) is 11.6 Å². The molecule has 0 radical (unpaired) electrons. The zero-order valence-corrected chi connectivity index (χ0v) is 10.4. The van der Waals surface area contributed by atoms with Gasteiger partial charge < -0.3 is 4.74 Å². The Labute approximate surface area is 107 Å². The molecular formula is C10H9Cl2F2NO2. The molecule has 1 heterocycles. The molecule has 1 rings (SSSR count). The first kappa shape index (κ1) is 14.1. The molecule has 0 aromatic carbocycles. The van der Waals surface area contributed by atoms with Crippen LogP contribution in [0, 0.1) is 0 Å². The van der Waals surface area contributed by atoms with Gasteiger partial charge in [0.1, 0.15) is 5.15 Å². The van der Waals surface area contributed by atoms with Gasteiger partial charge in [-0.05, 0) is 6.92 Å². The van der Waals surface area contributed by atoms with E-state index in [1.165, 1.54) is 0 Å². The summed E-state index contributed by atoms with van der Waals surface area (Å²) >= 11 is 11.2. The second-order valence-electron chi connectivity index (χ2n) is 3.01. The predicted octanol–water partition coefficient (Wildman–Crippen LogP) is 3.59. The van der Waals surface area contributed by atoms with Crippen LogP contribution in [0.4, 0.5) is 8.78 Å². The van der Waals surface area contributed by atoms with E-state index in [0.29, 0.717) is 0 Å². The molecule has 7 heteroatoms. The molecule has 0 spiro atoms. The van der Waals surface area contributed by atoms with Crippen LogP contribution >= 0.6 is 23.2 Å². The van der Waals surface area contributed by atoms with Crippen LogP contribution < -0.4 is 0 Å². The third-order valence-corrected chi connectivity index (χ3v) is 2.61. The SMILES string of the molecule is CCOC(=O)c1cnc(Cl)c(CCl)c1C(F)F. The second-order valence-corrected chi connectivity index (χ2v) is 3.63. The van der Waals surface area contributed by atoms with Crippen LogP contribution in [0.25, 0.3) is 0 Å². The number of pyridine rings is 1. The van der Waals surface area contributed by atoms with Crippen LogP contribution in [-0.2, 0) is 10.6 Å². The Bertz CT molecular complexity index is 427. The Hall–Kier alpha value is -0.940. The molecule has 0 aliphatic heterocycles. The molecule has 1 aromatic rings. The maximum atomic E-state index is 12.9. The fourth-order valence-corrected chi connectivity index (χ4v) is 1.85. The van der Waals surface area contributed by atoms with Crippen molar-refractivity contribution in [2.45, 2.75) is 19.2 Å². The van der Waals surface area contributed by atoms with Gasteiger partial charge >= 0.3 is 5.97 Å².